The molecule has 0 saturated carbocycles. The number of pyridine rings is 2. The molecule has 0 radical (unpaired) electrons. The maximum atomic E-state index is 11.7. The van der Waals surface area contributed by atoms with Crippen molar-refractivity contribution in [1.82, 2.24) is 20.8 Å². The van der Waals surface area contributed by atoms with Crippen molar-refractivity contribution in [3.8, 4) is 0 Å². The second-order valence-electron chi connectivity index (χ2n) is 3.62. The summed E-state index contributed by atoms with van der Waals surface area (Å²) in [6.07, 6.45) is 6.12. The molecule has 3 N–H and O–H groups in total. The van der Waals surface area contributed by atoms with E-state index in [2.05, 4.69) is 26.1 Å². The molecule has 2 aromatic heterocycles. The van der Waals surface area contributed by atoms with Crippen molar-refractivity contribution in [3.63, 3.8) is 0 Å². The first-order valence-electron chi connectivity index (χ1n) is 5.53. The number of carbonyl (C=O) groups is 1. The quantitative estimate of drug-likeness (QED) is 0.579. The summed E-state index contributed by atoms with van der Waals surface area (Å²) in [4.78, 5) is 19.4. The van der Waals surface area contributed by atoms with Crippen LogP contribution in [0.2, 0.25) is 5.02 Å². The Balaban J connectivity index is 1.87. The van der Waals surface area contributed by atoms with Crippen LogP contribution in [0.5, 0.6) is 0 Å². The Morgan fingerprint density at radius 3 is 2.50 bits per heavy atom. The summed E-state index contributed by atoms with van der Waals surface area (Å²) < 4.78 is 0. The lowest BCUT2D eigenvalue weighted by molar-refractivity contribution is 0.0944. The number of thiocarbonyl (C=S) groups is 1. The van der Waals surface area contributed by atoms with Crippen LogP contribution in [0.15, 0.2) is 43.0 Å². The van der Waals surface area contributed by atoms with Gasteiger partial charge in [0.05, 0.1) is 10.7 Å². The van der Waals surface area contributed by atoms with Gasteiger partial charge in [-0.15, -0.1) is 0 Å². The van der Waals surface area contributed by atoms with Crippen LogP contribution in [0.25, 0.3) is 0 Å². The monoisotopic (exact) mass is 307 g/mol. The van der Waals surface area contributed by atoms with Crippen LogP contribution in [0.3, 0.4) is 0 Å². The average molecular weight is 308 g/mol. The van der Waals surface area contributed by atoms with Crippen LogP contribution in [0.1, 0.15) is 10.4 Å². The summed E-state index contributed by atoms with van der Waals surface area (Å²) in [7, 11) is 0. The lowest BCUT2D eigenvalue weighted by Crippen LogP contribution is -2.43. The number of amides is 1. The van der Waals surface area contributed by atoms with Crippen LogP contribution in [0.4, 0.5) is 5.69 Å². The third-order valence-electron chi connectivity index (χ3n) is 2.25. The van der Waals surface area contributed by atoms with E-state index >= 15 is 0 Å². The number of nitrogens with zero attached hydrogens (tertiary/aromatic N) is 2. The molecule has 0 unspecified atom stereocenters. The zero-order valence-electron chi connectivity index (χ0n) is 10.1. The molecule has 8 heteroatoms. The number of hydrogen-bond acceptors (Lipinski definition) is 4. The summed E-state index contributed by atoms with van der Waals surface area (Å²) in [5.41, 5.74) is 6.10. The molecule has 20 heavy (non-hydrogen) atoms. The first-order chi connectivity index (χ1) is 9.66. The van der Waals surface area contributed by atoms with Crippen molar-refractivity contribution in [2.75, 3.05) is 5.32 Å². The number of hydrogen-bond donors (Lipinski definition) is 3. The van der Waals surface area contributed by atoms with E-state index in [9.17, 15) is 4.79 Å². The zero-order chi connectivity index (χ0) is 14.4. The van der Waals surface area contributed by atoms with E-state index in [1.165, 1.54) is 18.6 Å². The molecule has 2 aromatic rings. The van der Waals surface area contributed by atoms with Crippen molar-refractivity contribution in [2.45, 2.75) is 0 Å². The van der Waals surface area contributed by atoms with E-state index in [-0.39, 0.29) is 11.0 Å². The normalized spacial score (nSPS) is 9.65. The summed E-state index contributed by atoms with van der Waals surface area (Å²) in [5, 5.41) is 3.48. The Labute approximate surface area is 125 Å². The maximum absolute atomic E-state index is 11.7. The molecule has 0 aliphatic carbocycles. The van der Waals surface area contributed by atoms with Crippen LogP contribution in [-0.2, 0) is 0 Å². The minimum atomic E-state index is -0.322. The fraction of sp³-hybridized carbons (Fsp3) is 0. The van der Waals surface area contributed by atoms with E-state index in [1.54, 1.807) is 24.4 Å². The van der Waals surface area contributed by atoms with Crippen LogP contribution in [0, 0.1) is 0 Å². The minimum Gasteiger partial charge on any atom is -0.330 e. The van der Waals surface area contributed by atoms with Gasteiger partial charge >= 0.3 is 0 Å². The molecule has 0 spiro atoms. The van der Waals surface area contributed by atoms with Gasteiger partial charge in [0.25, 0.3) is 5.91 Å². The van der Waals surface area contributed by atoms with Gasteiger partial charge in [0.15, 0.2) is 5.11 Å². The maximum Gasteiger partial charge on any atom is 0.269 e. The van der Waals surface area contributed by atoms with Gasteiger partial charge in [0.1, 0.15) is 0 Å². The highest BCUT2D eigenvalue weighted by atomic mass is 35.5. The van der Waals surface area contributed by atoms with Crippen LogP contribution in [-0.4, -0.2) is 21.0 Å². The highest BCUT2D eigenvalue weighted by molar-refractivity contribution is 7.80. The highest BCUT2D eigenvalue weighted by Gasteiger charge is 2.06. The smallest absolute Gasteiger partial charge is 0.269 e. The number of hydrazine groups is 1. The van der Waals surface area contributed by atoms with Crippen molar-refractivity contribution >= 4 is 40.5 Å². The first kappa shape index (κ1) is 14.2. The number of nitrogens with one attached hydrogen (secondary N) is 3. The molecule has 0 bridgehead atoms. The topological polar surface area (TPSA) is 78.9 Å². The molecule has 6 nitrogen and oxygen atoms in total. The van der Waals surface area contributed by atoms with Gasteiger partial charge in [0.2, 0.25) is 0 Å². The molecule has 2 rings (SSSR count). The van der Waals surface area contributed by atoms with Gasteiger partial charge in [0, 0.05) is 30.4 Å². The zero-order valence-corrected chi connectivity index (χ0v) is 11.7. The third kappa shape index (κ3) is 3.87. The molecule has 0 atom stereocenters. The molecule has 0 aromatic carbocycles. The SMILES string of the molecule is O=C(NNC(=S)Nc1ccncc1Cl)c1ccncc1. The van der Waals surface area contributed by atoms with Gasteiger partial charge in [-0.3, -0.25) is 25.6 Å². The summed E-state index contributed by atoms with van der Waals surface area (Å²) in [5.74, 6) is -0.322. The molecular weight excluding hydrogens is 298 g/mol. The van der Waals surface area contributed by atoms with E-state index in [0.717, 1.165) is 0 Å². The largest absolute Gasteiger partial charge is 0.330 e. The Morgan fingerprint density at radius 1 is 1.10 bits per heavy atom. The predicted octanol–water partition coefficient (Wildman–Crippen LogP) is 1.76. The highest BCUT2D eigenvalue weighted by Crippen LogP contribution is 2.18. The van der Waals surface area contributed by atoms with Gasteiger partial charge in [-0.2, -0.15) is 0 Å². The predicted molar refractivity (Wildman–Crippen MR) is 80.3 cm³/mol. The number of rotatable bonds is 2. The number of carbonyl (C=O) groups excluding carboxylic acids is 1. The minimum absolute atomic E-state index is 0.209. The fourth-order valence-corrected chi connectivity index (χ4v) is 1.65. The Kier molecular flexibility index (Phi) is 4.80. The van der Waals surface area contributed by atoms with E-state index in [1.807, 2.05) is 0 Å². The second kappa shape index (κ2) is 6.78. The third-order valence-corrected chi connectivity index (χ3v) is 2.76. The second-order valence-corrected chi connectivity index (χ2v) is 4.44. The standard InChI is InChI=1S/C12H10ClN5OS/c13-9-7-15-6-3-10(9)16-12(20)18-17-11(19)8-1-4-14-5-2-8/h1-7H,(H,17,19)(H2,15,16,18,20). The molecule has 0 aliphatic rings. The van der Waals surface area contributed by atoms with Gasteiger partial charge in [-0.25, -0.2) is 0 Å². The first-order valence-corrected chi connectivity index (χ1v) is 6.32. The van der Waals surface area contributed by atoms with Crippen molar-refractivity contribution in [1.29, 1.82) is 0 Å². The Bertz CT molecular complexity index is 622. The van der Waals surface area contributed by atoms with Gasteiger partial charge < -0.3 is 5.32 Å². The number of aromatic nitrogens is 2. The lowest BCUT2D eigenvalue weighted by atomic mass is 10.3. The van der Waals surface area contributed by atoms with E-state index < -0.39 is 0 Å². The van der Waals surface area contributed by atoms with E-state index in [4.69, 9.17) is 23.8 Å². The lowest BCUT2D eigenvalue weighted by Gasteiger charge is -2.12. The molecule has 102 valence electrons. The van der Waals surface area contributed by atoms with Gasteiger partial charge in [-0.1, -0.05) is 11.6 Å². The molecule has 2 heterocycles. The van der Waals surface area contributed by atoms with Crippen LogP contribution >= 0.6 is 23.8 Å². The molecule has 0 fully saturated rings. The molecule has 0 saturated heterocycles. The summed E-state index contributed by atoms with van der Waals surface area (Å²) >= 11 is 11.0. The summed E-state index contributed by atoms with van der Waals surface area (Å²) in [6.45, 7) is 0. The van der Waals surface area contributed by atoms with Gasteiger partial charge in [-0.05, 0) is 30.4 Å². The number of anilines is 1. The van der Waals surface area contributed by atoms with Crippen molar-refractivity contribution < 1.29 is 4.79 Å². The Hall–Kier alpha value is -2.25. The molecular formula is C12H10ClN5OS. The Morgan fingerprint density at radius 2 is 1.80 bits per heavy atom. The van der Waals surface area contributed by atoms with Crippen molar-refractivity contribution in [2.24, 2.45) is 0 Å². The molecule has 0 aliphatic heterocycles. The average Bonchev–Trinajstić information content (AvgIpc) is 2.48. The van der Waals surface area contributed by atoms with Crippen LogP contribution < -0.4 is 16.2 Å². The number of halogens is 1. The van der Waals surface area contributed by atoms with E-state index in [0.29, 0.717) is 16.3 Å². The summed E-state index contributed by atoms with van der Waals surface area (Å²) in [6, 6.07) is 4.85. The van der Waals surface area contributed by atoms with Crippen molar-refractivity contribution in [3.05, 3.63) is 53.6 Å². The fourth-order valence-electron chi connectivity index (χ4n) is 1.32. The molecule has 1 amide bonds.